The normalized spacial score (nSPS) is 18.4. The lowest BCUT2D eigenvalue weighted by molar-refractivity contribution is -0.131. The summed E-state index contributed by atoms with van der Waals surface area (Å²) in [5.41, 5.74) is 0.719. The molecule has 3 amide bonds. The molecule has 0 bridgehead atoms. The minimum absolute atomic E-state index is 0.140. The van der Waals surface area contributed by atoms with Gasteiger partial charge in [-0.25, -0.2) is 4.79 Å². The molecule has 4 rings (SSSR count). The molecule has 9 heteroatoms. The summed E-state index contributed by atoms with van der Waals surface area (Å²) in [5.74, 6) is 0.139. The van der Waals surface area contributed by atoms with Gasteiger partial charge in [0.1, 0.15) is 12.1 Å². The van der Waals surface area contributed by atoms with Crippen LogP contribution in [0.2, 0.25) is 5.02 Å². The van der Waals surface area contributed by atoms with E-state index >= 15 is 0 Å². The Morgan fingerprint density at radius 2 is 2.00 bits per heavy atom. The van der Waals surface area contributed by atoms with Crippen LogP contribution in [0.3, 0.4) is 0 Å². The molecule has 0 aliphatic carbocycles. The molecule has 1 atom stereocenters. The topological polar surface area (TPSA) is 112 Å². The van der Waals surface area contributed by atoms with Crippen molar-refractivity contribution in [1.82, 2.24) is 20.4 Å². The highest BCUT2D eigenvalue weighted by molar-refractivity contribution is 6.30. The van der Waals surface area contributed by atoms with Gasteiger partial charge in [-0.1, -0.05) is 41.0 Å². The van der Waals surface area contributed by atoms with Gasteiger partial charge in [-0.2, -0.15) is 10.2 Å². The number of imide groups is 1. The van der Waals surface area contributed by atoms with Gasteiger partial charge in [0.25, 0.3) is 5.91 Å². The average Bonchev–Trinajstić information content (AvgIpc) is 3.26. The summed E-state index contributed by atoms with van der Waals surface area (Å²) in [7, 11) is 0. The lowest BCUT2D eigenvalue weighted by atomic mass is 9.91. The maximum Gasteiger partial charge on any atom is 0.325 e. The summed E-state index contributed by atoms with van der Waals surface area (Å²) in [4.78, 5) is 30.8. The lowest BCUT2D eigenvalue weighted by Gasteiger charge is -2.22. The largest absolute Gasteiger partial charge is 0.337 e. The minimum Gasteiger partial charge on any atom is -0.337 e. The molecule has 0 saturated carbocycles. The van der Waals surface area contributed by atoms with Crippen molar-refractivity contribution in [2.45, 2.75) is 25.4 Å². The van der Waals surface area contributed by atoms with E-state index in [0.717, 1.165) is 10.5 Å². The second-order valence-electron chi connectivity index (χ2n) is 7.05. The van der Waals surface area contributed by atoms with Crippen molar-refractivity contribution in [3.8, 4) is 6.07 Å². The zero-order chi connectivity index (χ0) is 21.3. The first-order valence-corrected chi connectivity index (χ1v) is 9.47. The van der Waals surface area contributed by atoms with Crippen LogP contribution in [0.25, 0.3) is 0 Å². The molecule has 2 aromatic carbocycles. The van der Waals surface area contributed by atoms with Crippen molar-refractivity contribution in [3.05, 3.63) is 82.0 Å². The molecule has 1 aliphatic heterocycles. The molecule has 150 valence electrons. The summed E-state index contributed by atoms with van der Waals surface area (Å²) in [5, 5.41) is 16.2. The highest BCUT2D eigenvalue weighted by atomic mass is 35.5. The zero-order valence-corrected chi connectivity index (χ0v) is 16.7. The van der Waals surface area contributed by atoms with E-state index < -0.39 is 17.5 Å². The molecule has 1 fully saturated rings. The van der Waals surface area contributed by atoms with Gasteiger partial charge in [0, 0.05) is 11.4 Å². The Morgan fingerprint density at radius 1 is 1.23 bits per heavy atom. The average molecular weight is 422 g/mol. The molecule has 0 spiro atoms. The van der Waals surface area contributed by atoms with E-state index in [0.29, 0.717) is 28.4 Å². The van der Waals surface area contributed by atoms with Gasteiger partial charge < -0.3 is 9.84 Å². The summed E-state index contributed by atoms with van der Waals surface area (Å²) in [6.07, 6.45) is 0.410. The van der Waals surface area contributed by atoms with Gasteiger partial charge in [-0.15, -0.1) is 0 Å². The van der Waals surface area contributed by atoms with Crippen molar-refractivity contribution in [3.63, 3.8) is 0 Å². The Labute approximate surface area is 177 Å². The fourth-order valence-corrected chi connectivity index (χ4v) is 3.52. The molecule has 1 saturated heterocycles. The van der Waals surface area contributed by atoms with Gasteiger partial charge >= 0.3 is 6.03 Å². The fourth-order valence-electron chi connectivity index (χ4n) is 3.31. The predicted molar refractivity (Wildman–Crippen MR) is 106 cm³/mol. The van der Waals surface area contributed by atoms with Crippen LogP contribution >= 0.6 is 11.6 Å². The van der Waals surface area contributed by atoms with Crippen LogP contribution in [0.1, 0.15) is 35.3 Å². The van der Waals surface area contributed by atoms with Crippen molar-refractivity contribution in [2.75, 3.05) is 0 Å². The first kappa shape index (κ1) is 19.6. The highest BCUT2D eigenvalue weighted by Crippen LogP contribution is 2.30. The molecule has 3 aromatic rings. The molecular formula is C21H16ClN5O3. The van der Waals surface area contributed by atoms with Gasteiger partial charge in [0.05, 0.1) is 11.6 Å². The van der Waals surface area contributed by atoms with Crippen LogP contribution < -0.4 is 5.32 Å². The number of carbonyl (C=O) groups excluding carboxylic acids is 2. The van der Waals surface area contributed by atoms with Crippen LogP contribution in [-0.2, 0) is 23.3 Å². The Balaban J connectivity index is 1.50. The Hall–Kier alpha value is -3.70. The minimum atomic E-state index is -1.24. The second kappa shape index (κ2) is 7.61. The molecule has 1 aromatic heterocycles. The van der Waals surface area contributed by atoms with Crippen molar-refractivity contribution in [1.29, 1.82) is 5.26 Å². The second-order valence-corrected chi connectivity index (χ2v) is 7.48. The number of carbonyl (C=O) groups is 2. The van der Waals surface area contributed by atoms with Crippen molar-refractivity contribution < 1.29 is 14.1 Å². The number of nitrogens with zero attached hydrogens (tertiary/aromatic N) is 4. The van der Waals surface area contributed by atoms with E-state index in [9.17, 15) is 9.59 Å². The predicted octanol–water partition coefficient (Wildman–Crippen LogP) is 3.15. The maximum absolute atomic E-state index is 13.0. The first-order valence-electron chi connectivity index (χ1n) is 9.10. The fraction of sp³-hybridized carbons (Fsp3) is 0.190. The molecule has 1 aliphatic rings. The number of nitriles is 1. The molecule has 30 heavy (non-hydrogen) atoms. The monoisotopic (exact) mass is 421 g/mol. The van der Waals surface area contributed by atoms with E-state index in [-0.39, 0.29) is 12.4 Å². The van der Waals surface area contributed by atoms with Crippen LogP contribution in [0, 0.1) is 11.3 Å². The summed E-state index contributed by atoms with van der Waals surface area (Å²) < 4.78 is 5.23. The number of amides is 3. The SMILES string of the molecule is CC1(c2ccc(C#N)cc2)NC(=O)N(Cc2nc(Cc3cccc(Cl)c3)no2)C1=O. The Morgan fingerprint density at radius 3 is 2.70 bits per heavy atom. The highest BCUT2D eigenvalue weighted by Gasteiger charge is 2.49. The number of aromatic nitrogens is 2. The van der Waals surface area contributed by atoms with E-state index in [1.54, 1.807) is 43.3 Å². The zero-order valence-electron chi connectivity index (χ0n) is 15.9. The van der Waals surface area contributed by atoms with Crippen molar-refractivity contribution >= 4 is 23.5 Å². The first-order chi connectivity index (χ1) is 14.4. The van der Waals surface area contributed by atoms with Crippen LogP contribution in [-0.4, -0.2) is 27.0 Å². The number of benzene rings is 2. The van der Waals surface area contributed by atoms with Crippen LogP contribution in [0.5, 0.6) is 0 Å². The number of urea groups is 1. The standard InChI is InChI=1S/C21H16ClN5O3/c1-21(15-7-5-13(11-23)6-8-15)19(28)27(20(29)25-21)12-18-24-17(26-30-18)10-14-3-2-4-16(22)9-14/h2-9H,10,12H2,1H3,(H,25,29). The molecule has 1 unspecified atom stereocenters. The summed E-state index contributed by atoms with van der Waals surface area (Å²) in [6, 6.07) is 15.3. The third kappa shape index (κ3) is 3.63. The number of halogens is 1. The molecule has 8 nitrogen and oxygen atoms in total. The van der Waals surface area contributed by atoms with E-state index in [1.165, 1.54) is 0 Å². The van der Waals surface area contributed by atoms with Gasteiger partial charge in [0.2, 0.25) is 5.89 Å². The summed E-state index contributed by atoms with van der Waals surface area (Å²) in [6.45, 7) is 1.48. The Kier molecular flexibility index (Phi) is 4.98. The number of hydrogen-bond acceptors (Lipinski definition) is 6. The van der Waals surface area contributed by atoms with E-state index in [2.05, 4.69) is 15.5 Å². The molecule has 0 radical (unpaired) electrons. The lowest BCUT2D eigenvalue weighted by Crippen LogP contribution is -2.40. The number of nitrogens with one attached hydrogen (secondary N) is 1. The number of hydrogen-bond donors (Lipinski definition) is 1. The van der Waals surface area contributed by atoms with Crippen LogP contribution in [0.15, 0.2) is 53.1 Å². The quantitative estimate of drug-likeness (QED) is 0.633. The molecule has 1 N–H and O–H groups in total. The third-order valence-corrected chi connectivity index (χ3v) is 5.16. The van der Waals surface area contributed by atoms with E-state index in [1.807, 2.05) is 18.2 Å². The Bertz CT molecular complexity index is 1170. The maximum atomic E-state index is 13.0. The van der Waals surface area contributed by atoms with Crippen molar-refractivity contribution in [2.24, 2.45) is 0 Å². The molecular weight excluding hydrogens is 406 g/mol. The smallest absolute Gasteiger partial charge is 0.325 e. The van der Waals surface area contributed by atoms with Gasteiger partial charge in [-0.05, 0) is 42.3 Å². The van der Waals surface area contributed by atoms with Gasteiger partial charge in [0.15, 0.2) is 5.82 Å². The van der Waals surface area contributed by atoms with Gasteiger partial charge in [-0.3, -0.25) is 9.69 Å². The summed E-state index contributed by atoms with van der Waals surface area (Å²) >= 11 is 5.99. The molecule has 2 heterocycles. The van der Waals surface area contributed by atoms with E-state index in [4.69, 9.17) is 21.4 Å². The third-order valence-electron chi connectivity index (χ3n) is 4.92. The van der Waals surface area contributed by atoms with Crippen LogP contribution in [0.4, 0.5) is 4.79 Å². The number of rotatable bonds is 5.